The maximum atomic E-state index is 5.34. The van der Waals surface area contributed by atoms with Crippen molar-refractivity contribution in [2.24, 2.45) is 5.92 Å². The van der Waals surface area contributed by atoms with Crippen LogP contribution in [-0.2, 0) is 5.75 Å². The van der Waals surface area contributed by atoms with Gasteiger partial charge in [-0.15, -0.1) is 11.8 Å². The Hall–Kier alpha value is -0.400. The first kappa shape index (κ1) is 30.8. The van der Waals surface area contributed by atoms with E-state index in [2.05, 4.69) is 112 Å². The largest absolute Gasteiger partial charge is 0.497 e. The van der Waals surface area contributed by atoms with Gasteiger partial charge in [-0.25, -0.2) is 0 Å². The third kappa shape index (κ3) is 9.77. The lowest BCUT2D eigenvalue weighted by Gasteiger charge is -2.55. The molecular formula is C29H53N3OS2. The van der Waals surface area contributed by atoms with Crippen LogP contribution >= 0.6 is 23.5 Å². The van der Waals surface area contributed by atoms with Crippen molar-refractivity contribution >= 4 is 23.5 Å². The summed E-state index contributed by atoms with van der Waals surface area (Å²) < 4.78 is 5.63. The first-order valence-electron chi connectivity index (χ1n) is 13.7. The Morgan fingerprint density at radius 1 is 1.14 bits per heavy atom. The number of thioether (sulfide) groups is 2. The Labute approximate surface area is 225 Å². The van der Waals surface area contributed by atoms with Crippen molar-refractivity contribution in [3.63, 3.8) is 0 Å². The lowest BCUT2D eigenvalue weighted by Crippen LogP contribution is -2.66. The molecule has 3 unspecified atom stereocenters. The van der Waals surface area contributed by atoms with E-state index in [0.29, 0.717) is 4.75 Å². The zero-order valence-electron chi connectivity index (χ0n) is 23.8. The number of piperidine rings is 1. The second kappa shape index (κ2) is 14.5. The quantitative estimate of drug-likeness (QED) is 0.227. The van der Waals surface area contributed by atoms with Crippen molar-refractivity contribution in [2.45, 2.75) is 102 Å². The van der Waals surface area contributed by atoms with Crippen molar-refractivity contribution in [3.05, 3.63) is 29.8 Å². The van der Waals surface area contributed by atoms with Gasteiger partial charge in [0.15, 0.2) is 0 Å². The van der Waals surface area contributed by atoms with E-state index < -0.39 is 0 Å². The van der Waals surface area contributed by atoms with Gasteiger partial charge in [-0.1, -0.05) is 39.3 Å². The van der Waals surface area contributed by atoms with Crippen molar-refractivity contribution in [1.29, 1.82) is 0 Å². The molecular weight excluding hydrogens is 470 g/mol. The molecule has 1 heterocycles. The molecule has 202 valence electrons. The summed E-state index contributed by atoms with van der Waals surface area (Å²) in [6.07, 6.45) is 6.19. The first-order valence-corrected chi connectivity index (χ1v) is 15.7. The molecule has 1 fully saturated rings. The number of benzene rings is 1. The van der Waals surface area contributed by atoms with Gasteiger partial charge in [0.2, 0.25) is 0 Å². The number of rotatable bonds is 16. The number of nitrogens with zero attached hydrogens (tertiary/aromatic N) is 1. The smallest absolute Gasteiger partial charge is 0.118 e. The van der Waals surface area contributed by atoms with Crippen LogP contribution in [0.4, 0.5) is 0 Å². The molecule has 1 aliphatic heterocycles. The highest BCUT2D eigenvalue weighted by Gasteiger charge is 2.45. The van der Waals surface area contributed by atoms with Crippen LogP contribution in [0.3, 0.4) is 0 Å². The average Bonchev–Trinajstić information content (AvgIpc) is 2.82. The zero-order chi connectivity index (χ0) is 26.0. The SMILES string of the molecule is CCCCSC(C)(C)CNCCNC(C)(CC)N1CCC(C)CC1(C)SCc1ccc(OC)cc1. The lowest BCUT2D eigenvalue weighted by atomic mass is 9.89. The van der Waals surface area contributed by atoms with Crippen LogP contribution < -0.4 is 15.4 Å². The van der Waals surface area contributed by atoms with Gasteiger partial charge in [0, 0.05) is 36.7 Å². The monoisotopic (exact) mass is 523 g/mol. The van der Waals surface area contributed by atoms with Crippen LogP contribution in [-0.4, -0.2) is 59.2 Å². The van der Waals surface area contributed by atoms with Crippen LogP contribution in [0, 0.1) is 5.92 Å². The van der Waals surface area contributed by atoms with E-state index >= 15 is 0 Å². The van der Waals surface area contributed by atoms with Crippen molar-refractivity contribution in [2.75, 3.05) is 39.0 Å². The van der Waals surface area contributed by atoms with E-state index in [0.717, 1.165) is 50.0 Å². The highest BCUT2D eigenvalue weighted by molar-refractivity contribution is 8.00. The van der Waals surface area contributed by atoms with Crippen molar-refractivity contribution in [3.8, 4) is 5.75 Å². The van der Waals surface area contributed by atoms with Gasteiger partial charge < -0.3 is 10.1 Å². The summed E-state index contributed by atoms with van der Waals surface area (Å²) in [5.41, 5.74) is 1.36. The summed E-state index contributed by atoms with van der Waals surface area (Å²) in [5, 5.41) is 7.68. The van der Waals surface area contributed by atoms with Gasteiger partial charge in [0.05, 0.1) is 17.6 Å². The number of unbranched alkanes of at least 4 members (excludes halogenated alkanes) is 1. The predicted octanol–water partition coefficient (Wildman–Crippen LogP) is 6.99. The molecule has 0 aromatic heterocycles. The standard InChI is InChI=1S/C29H53N3OS2/c1-9-11-20-34-27(4,5)23-30-17-18-31-28(6,10-2)32-19-16-24(3)21-29(32,7)35-22-25-12-14-26(33-8)15-13-25/h12-15,24,30-31H,9-11,16-23H2,1-8H3. The number of hydrogen-bond donors (Lipinski definition) is 2. The fourth-order valence-electron chi connectivity index (χ4n) is 5.08. The lowest BCUT2D eigenvalue weighted by molar-refractivity contribution is -0.0198. The van der Waals surface area contributed by atoms with Gasteiger partial charge in [-0.05, 0) is 82.7 Å². The van der Waals surface area contributed by atoms with E-state index in [9.17, 15) is 0 Å². The van der Waals surface area contributed by atoms with E-state index in [-0.39, 0.29) is 10.5 Å². The maximum absolute atomic E-state index is 5.34. The minimum Gasteiger partial charge on any atom is -0.497 e. The summed E-state index contributed by atoms with van der Waals surface area (Å²) in [7, 11) is 1.73. The van der Waals surface area contributed by atoms with E-state index in [1.165, 1.54) is 37.0 Å². The van der Waals surface area contributed by atoms with Crippen LogP contribution in [0.5, 0.6) is 5.75 Å². The van der Waals surface area contributed by atoms with Crippen molar-refractivity contribution in [1.82, 2.24) is 15.5 Å². The first-order chi connectivity index (χ1) is 16.6. The molecule has 1 saturated heterocycles. The Balaban J connectivity index is 1.94. The Morgan fingerprint density at radius 2 is 1.86 bits per heavy atom. The Kier molecular flexibility index (Phi) is 12.8. The number of nitrogens with one attached hydrogen (secondary N) is 2. The van der Waals surface area contributed by atoms with E-state index in [1.54, 1.807) is 7.11 Å². The zero-order valence-corrected chi connectivity index (χ0v) is 25.5. The van der Waals surface area contributed by atoms with Gasteiger partial charge in [0.1, 0.15) is 5.75 Å². The molecule has 0 spiro atoms. The molecule has 35 heavy (non-hydrogen) atoms. The molecule has 0 aliphatic carbocycles. The Bertz CT molecular complexity index is 729. The molecule has 1 aliphatic rings. The van der Waals surface area contributed by atoms with Crippen LogP contribution in [0.1, 0.15) is 86.1 Å². The minimum atomic E-state index is -0.00509. The molecule has 3 atom stereocenters. The van der Waals surface area contributed by atoms with Crippen molar-refractivity contribution < 1.29 is 4.74 Å². The van der Waals surface area contributed by atoms with Crippen LogP contribution in [0.25, 0.3) is 0 Å². The molecule has 0 radical (unpaired) electrons. The molecule has 1 aromatic carbocycles. The fraction of sp³-hybridized carbons (Fsp3) is 0.793. The molecule has 4 nitrogen and oxygen atoms in total. The molecule has 2 N–H and O–H groups in total. The predicted molar refractivity (Wildman–Crippen MR) is 159 cm³/mol. The third-order valence-electron chi connectivity index (χ3n) is 7.49. The minimum absolute atomic E-state index is 0.00509. The molecule has 0 bridgehead atoms. The van der Waals surface area contributed by atoms with Gasteiger partial charge in [-0.3, -0.25) is 10.2 Å². The highest BCUT2D eigenvalue weighted by Crippen LogP contribution is 2.45. The van der Waals surface area contributed by atoms with E-state index in [1.807, 2.05) is 0 Å². The van der Waals surface area contributed by atoms with E-state index in [4.69, 9.17) is 4.74 Å². The number of hydrogen-bond acceptors (Lipinski definition) is 6. The summed E-state index contributed by atoms with van der Waals surface area (Å²) in [5.74, 6) is 3.97. The number of likely N-dealkylation sites (tertiary alicyclic amines) is 1. The maximum Gasteiger partial charge on any atom is 0.118 e. The topological polar surface area (TPSA) is 36.5 Å². The third-order valence-corrected chi connectivity index (χ3v) is 10.4. The van der Waals surface area contributed by atoms with Gasteiger partial charge in [0.25, 0.3) is 0 Å². The second-order valence-electron chi connectivity index (χ2n) is 11.3. The summed E-state index contributed by atoms with van der Waals surface area (Å²) in [6.45, 7) is 20.9. The molecule has 0 saturated carbocycles. The second-order valence-corrected chi connectivity index (χ2v) is 14.5. The summed E-state index contributed by atoms with van der Waals surface area (Å²) >= 11 is 4.20. The fourth-order valence-corrected chi connectivity index (χ4v) is 7.79. The molecule has 6 heteroatoms. The highest BCUT2D eigenvalue weighted by atomic mass is 32.2. The summed E-state index contributed by atoms with van der Waals surface area (Å²) in [4.78, 5) is 2.89. The normalized spacial score (nSPS) is 23.3. The molecule has 1 aromatic rings. The van der Waals surface area contributed by atoms with Gasteiger partial charge >= 0.3 is 0 Å². The number of ether oxygens (including phenoxy) is 1. The molecule has 2 rings (SSSR count). The van der Waals surface area contributed by atoms with Gasteiger partial charge in [-0.2, -0.15) is 11.8 Å². The average molecular weight is 524 g/mol. The number of methoxy groups -OCH3 is 1. The van der Waals surface area contributed by atoms with Crippen LogP contribution in [0.2, 0.25) is 0 Å². The Morgan fingerprint density at radius 3 is 2.49 bits per heavy atom. The summed E-state index contributed by atoms with van der Waals surface area (Å²) in [6, 6.07) is 8.56. The van der Waals surface area contributed by atoms with Crippen LogP contribution in [0.15, 0.2) is 24.3 Å². The molecule has 0 amide bonds.